The summed E-state index contributed by atoms with van der Waals surface area (Å²) in [5.74, 6) is 1.19. The summed E-state index contributed by atoms with van der Waals surface area (Å²) >= 11 is 0. The van der Waals surface area contributed by atoms with E-state index < -0.39 is 14.9 Å². The Balaban J connectivity index is 2.33. The fraction of sp³-hybridized carbons (Fsp3) is 0.286. The lowest BCUT2D eigenvalue weighted by Gasteiger charge is -2.16. The van der Waals surface area contributed by atoms with Crippen LogP contribution in [0.2, 0.25) is 0 Å². The Morgan fingerprint density at radius 3 is 2.45 bits per heavy atom. The van der Waals surface area contributed by atoms with Crippen LogP contribution in [0.4, 0.5) is 5.69 Å². The Morgan fingerprint density at radius 2 is 1.91 bits per heavy atom. The number of nitrogens with zero attached hydrogens (tertiary/aromatic N) is 2. The normalized spacial score (nSPS) is 11.8. The molecule has 0 saturated heterocycles. The maximum Gasteiger partial charge on any atom is 0.273 e. The van der Waals surface area contributed by atoms with Crippen LogP contribution in [0.5, 0.6) is 0 Å². The highest BCUT2D eigenvalue weighted by Gasteiger charge is 2.24. The minimum atomic E-state index is -3.83. The third kappa shape index (κ3) is 3.18. The van der Waals surface area contributed by atoms with Gasteiger partial charge in [0.05, 0.1) is 16.4 Å². The highest BCUT2D eigenvalue weighted by Crippen LogP contribution is 2.25. The van der Waals surface area contributed by atoms with Gasteiger partial charge in [-0.15, -0.1) is 0 Å². The molecule has 1 aromatic heterocycles. The maximum atomic E-state index is 12.5. The second-order valence-corrected chi connectivity index (χ2v) is 7.02. The lowest BCUT2D eigenvalue weighted by Crippen LogP contribution is -2.26. The predicted octanol–water partition coefficient (Wildman–Crippen LogP) is 2.63. The lowest BCUT2D eigenvalue weighted by molar-refractivity contribution is -0.385. The summed E-state index contributed by atoms with van der Waals surface area (Å²) < 4.78 is 31.4. The number of sulfonamides is 1. The molecule has 0 atom stereocenters. The van der Waals surface area contributed by atoms with E-state index in [1.165, 1.54) is 19.2 Å². The molecule has 2 rings (SSSR count). The molecule has 0 saturated carbocycles. The van der Waals surface area contributed by atoms with Crippen LogP contribution in [0.15, 0.2) is 39.6 Å². The molecular weight excluding hydrogens is 308 g/mol. The fourth-order valence-electron chi connectivity index (χ4n) is 2.00. The van der Waals surface area contributed by atoms with Crippen molar-refractivity contribution in [1.82, 2.24) is 4.31 Å². The molecule has 0 aliphatic heterocycles. The van der Waals surface area contributed by atoms with Crippen molar-refractivity contribution in [2.24, 2.45) is 0 Å². The molecular formula is C14H16N2O5S. The topological polar surface area (TPSA) is 93.7 Å². The van der Waals surface area contributed by atoms with E-state index in [1.54, 1.807) is 26.0 Å². The van der Waals surface area contributed by atoms with Crippen molar-refractivity contribution in [2.45, 2.75) is 25.3 Å². The van der Waals surface area contributed by atoms with Gasteiger partial charge in [0.25, 0.3) is 5.69 Å². The molecule has 0 N–H and O–H groups in total. The number of nitro benzene ring substituents is 1. The van der Waals surface area contributed by atoms with Gasteiger partial charge in [-0.25, -0.2) is 8.42 Å². The quantitative estimate of drug-likeness (QED) is 0.622. The van der Waals surface area contributed by atoms with Gasteiger partial charge in [-0.2, -0.15) is 4.31 Å². The van der Waals surface area contributed by atoms with Crippen LogP contribution >= 0.6 is 0 Å². The van der Waals surface area contributed by atoms with Gasteiger partial charge in [0, 0.05) is 18.7 Å². The Bertz CT molecular complexity index is 810. The first-order valence-electron chi connectivity index (χ1n) is 6.48. The maximum absolute atomic E-state index is 12.5. The molecule has 0 unspecified atom stereocenters. The van der Waals surface area contributed by atoms with Crippen molar-refractivity contribution < 1.29 is 17.8 Å². The van der Waals surface area contributed by atoms with E-state index in [2.05, 4.69) is 0 Å². The van der Waals surface area contributed by atoms with Crippen LogP contribution < -0.4 is 0 Å². The smallest absolute Gasteiger partial charge is 0.273 e. The van der Waals surface area contributed by atoms with Crippen molar-refractivity contribution >= 4 is 15.7 Å². The molecule has 0 aliphatic rings. The summed E-state index contributed by atoms with van der Waals surface area (Å²) in [7, 11) is -2.43. The van der Waals surface area contributed by atoms with Gasteiger partial charge in [0.1, 0.15) is 11.5 Å². The lowest BCUT2D eigenvalue weighted by atomic mass is 10.2. The highest BCUT2D eigenvalue weighted by molar-refractivity contribution is 7.89. The van der Waals surface area contributed by atoms with Crippen molar-refractivity contribution in [2.75, 3.05) is 7.05 Å². The van der Waals surface area contributed by atoms with Gasteiger partial charge in [-0.1, -0.05) is 6.07 Å². The van der Waals surface area contributed by atoms with Crippen molar-refractivity contribution in [3.05, 3.63) is 57.5 Å². The van der Waals surface area contributed by atoms with Crippen LogP contribution in [0.1, 0.15) is 17.1 Å². The van der Waals surface area contributed by atoms with Gasteiger partial charge in [0.15, 0.2) is 0 Å². The Kier molecular flexibility index (Phi) is 4.34. The Morgan fingerprint density at radius 1 is 1.23 bits per heavy atom. The van der Waals surface area contributed by atoms with E-state index in [0.29, 0.717) is 17.1 Å². The van der Waals surface area contributed by atoms with Gasteiger partial charge in [-0.05, 0) is 32.0 Å². The average molecular weight is 324 g/mol. The molecule has 0 radical (unpaired) electrons. The SMILES string of the molecule is Cc1ccc(CN(C)S(=O)(=O)c2ccc(C)c([N+](=O)[O-])c2)o1. The third-order valence-electron chi connectivity index (χ3n) is 3.26. The second kappa shape index (κ2) is 5.90. The molecule has 1 heterocycles. The van der Waals surface area contributed by atoms with E-state index in [4.69, 9.17) is 4.42 Å². The van der Waals surface area contributed by atoms with Crippen LogP contribution in [0, 0.1) is 24.0 Å². The molecule has 0 spiro atoms. The van der Waals surface area contributed by atoms with Crippen LogP contribution in [0.3, 0.4) is 0 Å². The molecule has 0 amide bonds. The van der Waals surface area contributed by atoms with E-state index in [-0.39, 0.29) is 17.1 Å². The molecule has 118 valence electrons. The minimum absolute atomic E-state index is 0.0534. The molecule has 1 aromatic carbocycles. The van der Waals surface area contributed by atoms with Crippen molar-refractivity contribution in [3.63, 3.8) is 0 Å². The summed E-state index contributed by atoms with van der Waals surface area (Å²) in [5, 5.41) is 10.9. The number of nitro groups is 1. The van der Waals surface area contributed by atoms with Crippen molar-refractivity contribution in [3.8, 4) is 0 Å². The summed E-state index contributed by atoms with van der Waals surface area (Å²) in [4.78, 5) is 10.2. The summed E-state index contributed by atoms with van der Waals surface area (Å²) in [6.45, 7) is 3.38. The van der Waals surface area contributed by atoms with E-state index >= 15 is 0 Å². The van der Waals surface area contributed by atoms with Gasteiger partial charge in [-0.3, -0.25) is 10.1 Å². The highest BCUT2D eigenvalue weighted by atomic mass is 32.2. The average Bonchev–Trinajstić information content (AvgIpc) is 2.84. The Labute approximate surface area is 128 Å². The Hall–Kier alpha value is -2.19. The summed E-state index contributed by atoms with van der Waals surface area (Å²) in [6, 6.07) is 7.30. The zero-order valence-corrected chi connectivity index (χ0v) is 13.3. The predicted molar refractivity (Wildman–Crippen MR) is 79.9 cm³/mol. The molecule has 0 bridgehead atoms. The van der Waals surface area contributed by atoms with E-state index in [0.717, 1.165) is 10.4 Å². The van der Waals surface area contributed by atoms with Gasteiger partial charge < -0.3 is 4.42 Å². The molecule has 2 aromatic rings. The monoisotopic (exact) mass is 324 g/mol. The number of aryl methyl sites for hydroxylation is 2. The first-order chi connectivity index (χ1) is 10.2. The second-order valence-electron chi connectivity index (χ2n) is 4.98. The number of hydrogen-bond donors (Lipinski definition) is 0. The molecule has 0 fully saturated rings. The zero-order valence-electron chi connectivity index (χ0n) is 12.4. The standard InChI is InChI=1S/C14H16N2O5S/c1-10-4-7-13(8-14(10)16(17)18)22(19,20)15(3)9-12-6-5-11(2)21-12/h4-8H,9H2,1-3H3. The van der Waals surface area contributed by atoms with Crippen LogP contribution in [-0.2, 0) is 16.6 Å². The first kappa shape index (κ1) is 16.2. The fourth-order valence-corrected chi connectivity index (χ4v) is 3.16. The van der Waals surface area contributed by atoms with Crippen LogP contribution in [0.25, 0.3) is 0 Å². The third-order valence-corrected chi connectivity index (χ3v) is 5.06. The van der Waals surface area contributed by atoms with Crippen LogP contribution in [-0.4, -0.2) is 24.7 Å². The number of hydrogen-bond acceptors (Lipinski definition) is 5. The van der Waals surface area contributed by atoms with Crippen molar-refractivity contribution in [1.29, 1.82) is 0 Å². The minimum Gasteiger partial charge on any atom is -0.465 e. The van der Waals surface area contributed by atoms with E-state index in [9.17, 15) is 18.5 Å². The molecule has 7 nitrogen and oxygen atoms in total. The zero-order chi connectivity index (χ0) is 16.5. The van der Waals surface area contributed by atoms with Gasteiger partial charge >= 0.3 is 0 Å². The largest absolute Gasteiger partial charge is 0.465 e. The summed E-state index contributed by atoms with van der Waals surface area (Å²) in [5.41, 5.74) is 0.191. The summed E-state index contributed by atoms with van der Waals surface area (Å²) in [6.07, 6.45) is 0. The molecule has 22 heavy (non-hydrogen) atoms. The van der Waals surface area contributed by atoms with Gasteiger partial charge in [0.2, 0.25) is 10.0 Å². The molecule has 8 heteroatoms. The van der Waals surface area contributed by atoms with E-state index in [1.807, 2.05) is 0 Å². The first-order valence-corrected chi connectivity index (χ1v) is 7.92. The number of rotatable bonds is 5. The number of benzene rings is 1. The molecule has 0 aliphatic carbocycles. The number of furan rings is 1.